The van der Waals surface area contributed by atoms with Crippen molar-refractivity contribution < 1.29 is 18.9 Å². The maximum atomic E-state index is 6.13. The highest BCUT2D eigenvalue weighted by molar-refractivity contribution is 6.60. The second-order valence-electron chi connectivity index (χ2n) is 8.09. The third-order valence-electron chi connectivity index (χ3n) is 5.09. The smallest absolute Gasteiger partial charge is 0.161 e. The van der Waals surface area contributed by atoms with E-state index in [4.69, 9.17) is 18.9 Å². The Bertz CT molecular complexity index is 717. The van der Waals surface area contributed by atoms with Crippen LogP contribution in [-0.4, -0.2) is 45.5 Å². The third kappa shape index (κ3) is 8.54. The molecule has 2 aromatic carbocycles. The van der Waals surface area contributed by atoms with Gasteiger partial charge in [-0.3, -0.25) is 0 Å². The van der Waals surface area contributed by atoms with E-state index in [9.17, 15) is 0 Å². The van der Waals surface area contributed by atoms with Crippen LogP contribution >= 0.6 is 0 Å². The molecule has 2 rings (SSSR count). The maximum absolute atomic E-state index is 6.13. The second-order valence-corrected chi connectivity index (χ2v) is 12.0. The minimum atomic E-state index is -0.422. The Morgan fingerprint density at radius 1 is 0.531 bits per heavy atom. The fourth-order valence-corrected chi connectivity index (χ4v) is 7.91. The summed E-state index contributed by atoms with van der Waals surface area (Å²) in [6, 6.07) is 15.4. The van der Waals surface area contributed by atoms with Crippen molar-refractivity contribution in [3.63, 3.8) is 0 Å². The molecule has 0 saturated carbocycles. The number of hydrogen-bond donors (Lipinski definition) is 0. The molecule has 0 bridgehead atoms. The van der Waals surface area contributed by atoms with Crippen molar-refractivity contribution >= 4 is 29.4 Å². The lowest BCUT2D eigenvalue weighted by atomic mass is 10.3. The molecule has 2 aromatic rings. The average molecular weight is 475 g/mol. The molecule has 0 aliphatic carbocycles. The first-order valence-corrected chi connectivity index (χ1v) is 15.9. The van der Waals surface area contributed by atoms with E-state index in [2.05, 4.69) is 52.0 Å². The SMILES string of the molecule is CCCOc1cccc([SiH2]CC[SiH2]c2cccc(OCCC)c2OCCC)c1OCCC. The van der Waals surface area contributed by atoms with E-state index < -0.39 is 19.0 Å². The van der Waals surface area contributed by atoms with Crippen LogP contribution in [0.15, 0.2) is 36.4 Å². The van der Waals surface area contributed by atoms with Crippen LogP contribution in [0.2, 0.25) is 12.1 Å². The molecule has 0 aromatic heterocycles. The van der Waals surface area contributed by atoms with E-state index in [0.29, 0.717) is 0 Å². The van der Waals surface area contributed by atoms with Gasteiger partial charge in [0.25, 0.3) is 0 Å². The average Bonchev–Trinajstić information content (AvgIpc) is 2.82. The first kappa shape index (κ1) is 26.3. The largest absolute Gasteiger partial charge is 0.490 e. The summed E-state index contributed by atoms with van der Waals surface area (Å²) in [7, 11) is -0.845. The summed E-state index contributed by atoms with van der Waals surface area (Å²) in [5.41, 5.74) is 0. The van der Waals surface area contributed by atoms with Gasteiger partial charge in [0.1, 0.15) is 0 Å². The summed E-state index contributed by atoms with van der Waals surface area (Å²) in [5, 5.41) is 2.78. The van der Waals surface area contributed by atoms with Crippen molar-refractivity contribution in [3.8, 4) is 23.0 Å². The Kier molecular flexibility index (Phi) is 13.0. The van der Waals surface area contributed by atoms with Crippen LogP contribution in [0, 0.1) is 0 Å². The van der Waals surface area contributed by atoms with E-state index in [-0.39, 0.29) is 0 Å². The molecule has 32 heavy (non-hydrogen) atoms. The van der Waals surface area contributed by atoms with E-state index in [1.165, 1.54) is 22.5 Å². The van der Waals surface area contributed by atoms with Crippen LogP contribution in [0.3, 0.4) is 0 Å². The standard InChI is InChI=1S/C26H42O4Si2/c1-5-15-27-21-11-9-13-23(25(21)29-17-7-3)31-19-20-32-24-14-10-12-22(28-16-6-2)26(24)30-18-8-4/h9-14H,5-8,15-20,31-32H2,1-4H3. The quantitative estimate of drug-likeness (QED) is 0.257. The molecule has 0 atom stereocenters. The number of rotatable bonds is 17. The van der Waals surface area contributed by atoms with E-state index in [1.807, 2.05) is 12.1 Å². The zero-order chi connectivity index (χ0) is 23.0. The normalized spacial score (nSPS) is 11.5. The third-order valence-corrected chi connectivity index (χ3v) is 9.99. The molecular weight excluding hydrogens is 432 g/mol. The van der Waals surface area contributed by atoms with Gasteiger partial charge in [0.2, 0.25) is 0 Å². The number of benzene rings is 2. The Hall–Kier alpha value is -1.93. The fourth-order valence-electron chi connectivity index (χ4n) is 3.53. The number of ether oxygens (including phenoxy) is 4. The minimum Gasteiger partial charge on any atom is -0.490 e. The molecule has 0 N–H and O–H groups in total. The van der Waals surface area contributed by atoms with E-state index in [0.717, 1.165) is 75.1 Å². The molecule has 0 radical (unpaired) electrons. The molecule has 178 valence electrons. The Balaban J connectivity index is 2.03. The monoisotopic (exact) mass is 474 g/mol. The van der Waals surface area contributed by atoms with Crippen LogP contribution in [0.5, 0.6) is 23.0 Å². The highest BCUT2D eigenvalue weighted by atomic mass is 28.2. The summed E-state index contributed by atoms with van der Waals surface area (Å²) in [6.45, 7) is 11.5. The molecule has 0 amide bonds. The van der Waals surface area contributed by atoms with Gasteiger partial charge in [-0.05, 0) is 48.2 Å². The Morgan fingerprint density at radius 3 is 1.28 bits per heavy atom. The van der Waals surface area contributed by atoms with Gasteiger partial charge in [0, 0.05) is 0 Å². The first-order valence-electron chi connectivity index (χ1n) is 12.5. The number of para-hydroxylation sites is 2. The van der Waals surface area contributed by atoms with Crippen molar-refractivity contribution in [2.24, 2.45) is 0 Å². The summed E-state index contributed by atoms with van der Waals surface area (Å²) >= 11 is 0. The molecule has 0 fully saturated rings. The lowest BCUT2D eigenvalue weighted by Gasteiger charge is -2.17. The first-order chi connectivity index (χ1) is 15.7. The van der Waals surface area contributed by atoms with Crippen molar-refractivity contribution in [2.75, 3.05) is 26.4 Å². The lowest BCUT2D eigenvalue weighted by Crippen LogP contribution is -2.22. The minimum absolute atomic E-state index is 0.422. The van der Waals surface area contributed by atoms with Gasteiger partial charge < -0.3 is 18.9 Å². The van der Waals surface area contributed by atoms with E-state index >= 15 is 0 Å². The molecule has 0 unspecified atom stereocenters. The van der Waals surface area contributed by atoms with Gasteiger partial charge in [-0.2, -0.15) is 0 Å². The van der Waals surface area contributed by atoms with Crippen LogP contribution in [-0.2, 0) is 0 Å². The zero-order valence-electron chi connectivity index (χ0n) is 20.6. The van der Waals surface area contributed by atoms with Crippen LogP contribution in [0.4, 0.5) is 0 Å². The topological polar surface area (TPSA) is 36.9 Å². The molecule has 0 heterocycles. The molecular formula is C26H42O4Si2. The Labute approximate surface area is 199 Å². The molecule has 0 aliphatic heterocycles. The molecule has 6 heteroatoms. The maximum Gasteiger partial charge on any atom is 0.161 e. The van der Waals surface area contributed by atoms with Crippen molar-refractivity contribution in [3.05, 3.63) is 36.4 Å². The van der Waals surface area contributed by atoms with Gasteiger partial charge in [-0.1, -0.05) is 64.0 Å². The van der Waals surface area contributed by atoms with Crippen molar-refractivity contribution in [1.29, 1.82) is 0 Å². The van der Waals surface area contributed by atoms with Crippen molar-refractivity contribution in [1.82, 2.24) is 0 Å². The summed E-state index contributed by atoms with van der Waals surface area (Å²) in [4.78, 5) is 0. The Morgan fingerprint density at radius 2 is 0.906 bits per heavy atom. The van der Waals surface area contributed by atoms with Crippen molar-refractivity contribution in [2.45, 2.75) is 65.5 Å². The van der Waals surface area contributed by atoms with Gasteiger partial charge in [0.15, 0.2) is 23.0 Å². The van der Waals surface area contributed by atoms with Gasteiger partial charge in [0.05, 0.1) is 45.5 Å². The summed E-state index contributed by atoms with van der Waals surface area (Å²) in [6.07, 6.45) is 4.02. The highest BCUT2D eigenvalue weighted by Crippen LogP contribution is 2.26. The molecule has 0 spiro atoms. The predicted molar refractivity (Wildman–Crippen MR) is 142 cm³/mol. The van der Waals surface area contributed by atoms with Gasteiger partial charge in [-0.25, -0.2) is 0 Å². The van der Waals surface area contributed by atoms with Gasteiger partial charge in [-0.15, -0.1) is 0 Å². The van der Waals surface area contributed by atoms with Gasteiger partial charge >= 0.3 is 0 Å². The van der Waals surface area contributed by atoms with Crippen LogP contribution in [0.1, 0.15) is 53.4 Å². The predicted octanol–water partition coefficient (Wildman–Crippen LogP) is 3.97. The van der Waals surface area contributed by atoms with Crippen LogP contribution < -0.4 is 29.3 Å². The highest BCUT2D eigenvalue weighted by Gasteiger charge is 2.14. The van der Waals surface area contributed by atoms with Crippen LogP contribution in [0.25, 0.3) is 0 Å². The molecule has 4 nitrogen and oxygen atoms in total. The van der Waals surface area contributed by atoms with E-state index in [1.54, 1.807) is 0 Å². The fraction of sp³-hybridized carbons (Fsp3) is 0.538. The summed E-state index contributed by atoms with van der Waals surface area (Å²) < 4.78 is 24.2. The second kappa shape index (κ2) is 15.8. The zero-order valence-corrected chi connectivity index (χ0v) is 23.4. The lowest BCUT2D eigenvalue weighted by molar-refractivity contribution is 0.270. The number of hydrogen-bond acceptors (Lipinski definition) is 4. The summed E-state index contributed by atoms with van der Waals surface area (Å²) in [5.74, 6) is 3.83. The molecule has 0 aliphatic rings. The molecule has 0 saturated heterocycles.